The van der Waals surface area contributed by atoms with Gasteiger partial charge in [0.05, 0.1) is 71.1 Å². The number of carboxylic acid groups (broad SMARTS) is 1. The Labute approximate surface area is 662 Å². The van der Waals surface area contributed by atoms with Gasteiger partial charge >= 0.3 is 5.97 Å². The van der Waals surface area contributed by atoms with Gasteiger partial charge < -0.3 is 235 Å². The van der Waals surface area contributed by atoms with E-state index in [9.17, 15) is 157 Å². The largest absolute Gasteiger partial charge is 0.477 e. The van der Waals surface area contributed by atoms with Crippen LogP contribution in [0.2, 0.25) is 0 Å². The summed E-state index contributed by atoms with van der Waals surface area (Å²) in [5.74, 6) is -8.91. The summed E-state index contributed by atoms with van der Waals surface area (Å²) in [5, 5.41) is 296. The Morgan fingerprint density at radius 2 is 0.726 bits per heavy atom. The number of hydrogen-bond acceptors (Lipinski definition) is 47. The molecule has 0 aromatic heterocycles. The Morgan fingerprint density at radius 1 is 0.368 bits per heavy atom. The van der Waals surface area contributed by atoms with E-state index in [1.54, 1.807) is 0 Å². The van der Waals surface area contributed by atoms with Crippen LogP contribution in [0.1, 0.15) is 41.0 Å². The molecule has 9 rings (SSSR count). The molecule has 9 aliphatic heterocycles. The lowest BCUT2D eigenvalue weighted by Gasteiger charge is -2.51. The van der Waals surface area contributed by atoms with Gasteiger partial charge in [-0.05, 0) is 6.92 Å². The molecule has 9 saturated heterocycles. The summed E-state index contributed by atoms with van der Waals surface area (Å²) in [6, 6.07) is -7.21. The summed E-state index contributed by atoms with van der Waals surface area (Å²) in [5.41, 5.74) is 0. The van der Waals surface area contributed by atoms with E-state index in [-0.39, 0.29) is 0 Å². The van der Waals surface area contributed by atoms with E-state index >= 15 is 0 Å². The second-order valence-electron chi connectivity index (χ2n) is 29.7. The average Bonchev–Trinajstić information content (AvgIpc) is 0.753. The summed E-state index contributed by atoms with van der Waals surface area (Å²) >= 11 is 0. The molecule has 30 N–H and O–H groups in total. The van der Waals surface area contributed by atoms with Crippen LogP contribution in [0.3, 0.4) is 0 Å². The Hall–Kier alpha value is -4.33. The summed E-state index contributed by atoms with van der Waals surface area (Å²) in [6.07, 6.45) is -85.6. The molecule has 0 saturated carbocycles. The number of hydrogen-bond donors (Lipinski definition) is 30. The van der Waals surface area contributed by atoms with Gasteiger partial charge in [-0.15, -0.1) is 0 Å². The van der Waals surface area contributed by atoms with Crippen molar-refractivity contribution in [1.29, 1.82) is 0 Å². The quantitative estimate of drug-likeness (QED) is 0.0306. The van der Waals surface area contributed by atoms with E-state index < -0.39 is 371 Å². The number of amides is 4. The van der Waals surface area contributed by atoms with Crippen LogP contribution < -0.4 is 21.3 Å². The first-order valence-corrected chi connectivity index (χ1v) is 37.1. The number of aliphatic hydroxyl groups excluding tert-OH is 25. The lowest BCUT2D eigenvalue weighted by atomic mass is 9.88. The molecule has 4 amide bonds. The molecule has 52 heteroatoms. The van der Waals surface area contributed by atoms with Crippen LogP contribution in [-0.2, 0) is 104 Å². The number of rotatable bonds is 31. The lowest BCUT2D eigenvalue weighted by Crippen LogP contribution is -2.71. The minimum Gasteiger partial charge on any atom is -0.477 e. The maximum absolute atomic E-state index is 13.1. The molecule has 9 fully saturated rings. The van der Waals surface area contributed by atoms with Gasteiger partial charge in [-0.3, -0.25) is 19.2 Å². The van der Waals surface area contributed by atoms with Crippen molar-refractivity contribution in [2.24, 2.45) is 0 Å². The monoisotopic (exact) mass is 1710 g/mol. The third-order valence-corrected chi connectivity index (χ3v) is 21.2. The zero-order chi connectivity index (χ0) is 86.6. The Morgan fingerprint density at radius 3 is 1.24 bits per heavy atom. The third kappa shape index (κ3) is 21.5. The third-order valence-electron chi connectivity index (χ3n) is 21.2. The van der Waals surface area contributed by atoms with Crippen LogP contribution in [0.4, 0.5) is 0 Å². The van der Waals surface area contributed by atoms with Crippen LogP contribution in [0.5, 0.6) is 0 Å². The van der Waals surface area contributed by atoms with E-state index in [1.165, 1.54) is 6.92 Å². The normalized spacial score (nSPS) is 47.9. The Balaban J connectivity index is 0.921. The first kappa shape index (κ1) is 96.5. The van der Waals surface area contributed by atoms with Gasteiger partial charge in [-0.1, -0.05) is 0 Å². The number of carboxylic acids is 1. The van der Waals surface area contributed by atoms with Crippen molar-refractivity contribution in [3.63, 3.8) is 0 Å². The van der Waals surface area contributed by atoms with Crippen LogP contribution in [0.25, 0.3) is 0 Å². The molecule has 0 unspecified atom stereocenters. The molecule has 0 bridgehead atoms. The summed E-state index contributed by atoms with van der Waals surface area (Å²) in [4.78, 5) is 63.5. The second-order valence-corrected chi connectivity index (χ2v) is 29.7. The van der Waals surface area contributed by atoms with Crippen LogP contribution in [0, 0.1) is 0 Å². The van der Waals surface area contributed by atoms with Crippen LogP contribution >= 0.6 is 0 Å². The SMILES string of the molecule is CC(=O)N[C@@H]1[C@H](O[C@H]2[C@H](O)[C@@H](NC(C)=O)[C@H](O)O[C@@H]2CO[C@@H]2O[C@@H](C)[C@@H](O)[C@@H](O)[C@@H]2O)O[C@H](CO)[C@@H](O[C@@H]2O[C@H](CO[C@H]3O[C@H](CO[C@@H]4O[C@H](CO)[C@@H](O[C@@H]5O[C@H](CO)[C@H](O)[C@H](O[C@]6(C(=O)O)C[C@H](O)[C@@H](NC(C)=O)[C@H]([C@H](O)[C@H](O)CO)O6)[C@H]5O)[C@H](O)[C@H]4NC(C)=O)[C@@H](O)[C@H](O)[C@@H]3O)[C@@H](O)[C@H](O[C@H]3O[C@H](CO)[C@@H](O)[C@H](O)[C@@H]3O)[C@@H]2O)[C@@H]1O. The summed E-state index contributed by atoms with van der Waals surface area (Å²) in [7, 11) is 0. The minimum atomic E-state index is -3.25. The molecule has 0 spiro atoms. The predicted molar refractivity (Wildman–Crippen MR) is 359 cm³/mol. The topological polar surface area (TPSA) is 816 Å². The van der Waals surface area contributed by atoms with Crippen molar-refractivity contribution in [2.45, 2.75) is 323 Å². The highest BCUT2D eigenvalue weighted by atomic mass is 16.8. The molecule has 117 heavy (non-hydrogen) atoms. The highest BCUT2D eigenvalue weighted by Crippen LogP contribution is 2.41. The molecule has 46 atom stereocenters. The number of carbonyl (C=O) groups is 5. The van der Waals surface area contributed by atoms with Crippen molar-refractivity contribution in [3.05, 3.63) is 0 Å². The van der Waals surface area contributed by atoms with Crippen molar-refractivity contribution >= 4 is 29.6 Å². The molecule has 9 aliphatic rings. The fourth-order valence-corrected chi connectivity index (χ4v) is 14.9. The molecule has 0 aliphatic carbocycles. The van der Waals surface area contributed by atoms with Gasteiger partial charge in [0.25, 0.3) is 5.79 Å². The van der Waals surface area contributed by atoms with E-state index in [4.69, 9.17) is 80.5 Å². The summed E-state index contributed by atoms with van der Waals surface area (Å²) < 4.78 is 98.9. The summed E-state index contributed by atoms with van der Waals surface area (Å²) in [6.45, 7) is -3.48. The molecular formula is C65H108N4O48. The Kier molecular flexibility index (Phi) is 34.2. The second kappa shape index (κ2) is 41.4. The highest BCUT2D eigenvalue weighted by Gasteiger charge is 2.63. The number of aliphatic hydroxyl groups is 25. The van der Waals surface area contributed by atoms with Crippen molar-refractivity contribution < 1.29 is 237 Å². The van der Waals surface area contributed by atoms with Crippen LogP contribution in [0.15, 0.2) is 0 Å². The minimum absolute atomic E-state index is 0.811. The number of aliphatic carboxylic acids is 1. The average molecular weight is 1710 g/mol. The molecule has 0 aromatic carbocycles. The predicted octanol–water partition coefficient (Wildman–Crippen LogP) is -19.8. The molecule has 52 nitrogen and oxygen atoms in total. The van der Waals surface area contributed by atoms with E-state index in [0.717, 1.165) is 27.7 Å². The molecule has 0 radical (unpaired) electrons. The van der Waals surface area contributed by atoms with Gasteiger partial charge in [-0.25, -0.2) is 4.79 Å². The lowest BCUT2D eigenvalue weighted by molar-refractivity contribution is -0.385. The van der Waals surface area contributed by atoms with E-state index in [1.807, 2.05) is 0 Å². The molecule has 0 aromatic rings. The van der Waals surface area contributed by atoms with E-state index in [0.29, 0.717) is 0 Å². The fraction of sp³-hybridized carbons (Fsp3) is 0.923. The maximum atomic E-state index is 13.1. The van der Waals surface area contributed by atoms with Crippen molar-refractivity contribution in [1.82, 2.24) is 21.3 Å². The zero-order valence-electron chi connectivity index (χ0n) is 63.0. The van der Waals surface area contributed by atoms with Gasteiger partial charge in [0.1, 0.15) is 207 Å². The van der Waals surface area contributed by atoms with E-state index in [2.05, 4.69) is 21.3 Å². The fourth-order valence-electron chi connectivity index (χ4n) is 14.9. The van der Waals surface area contributed by atoms with Gasteiger partial charge in [0.2, 0.25) is 23.6 Å². The van der Waals surface area contributed by atoms with Crippen molar-refractivity contribution in [2.75, 3.05) is 52.9 Å². The first-order valence-electron chi connectivity index (χ1n) is 37.1. The standard InChI is InChI=1S/C65H108N4O48/c1-15-33(81)42(90)45(93)59(104-15)103-14-28-52(39(87)30(56(98)105-28)67-17(3)76)112-58-32(69-19(5)78)41(89)51(25(11-74)109-58)113-62-48(96)54(115-61-47(95)43(91)35(83)22(8-71)106-61)38(86)27(111-62)13-102-60-46(94)44(92)36(84)26(110-60)12-101-57-31(68-18(4)77)40(88)50(24(10-73)108-57)114-63-49(97)55(37(85)23(9-72)107-63)117-65(64(99)100)6-20(79)29(66-16(2)75)53(116-65)34(82)21(80)7-70/h15,20-63,70-74,79-98H,6-14H2,1-5H3,(H,66,75)(H,67,76)(H,68,77)(H,69,78)(H,99,100)/t15-,20-,21+,22+,23+,24+,25+,26+,27+,28+,29+,30+,31+,32-,33+,34+,35+,36+,37-,38+,39+,40+,41+,42+,43-,44-,45-,46-,47-,48-,49+,50+,51+,52+,53+,54-,55-,56+,57+,58-,59+,60-,61+,62-,63-,65-/m0/s1. The maximum Gasteiger partial charge on any atom is 0.364 e. The Bertz CT molecular complexity index is 3190. The van der Waals surface area contributed by atoms with Gasteiger partial charge in [-0.2, -0.15) is 0 Å². The molecular weight excluding hydrogens is 1600 g/mol. The number of carbonyl (C=O) groups excluding carboxylic acids is 4. The smallest absolute Gasteiger partial charge is 0.364 e. The molecule has 676 valence electrons. The van der Waals surface area contributed by atoms with Crippen LogP contribution in [-0.4, -0.2) is 497 Å². The molecule has 9 heterocycles. The first-order chi connectivity index (χ1) is 55.1. The highest BCUT2D eigenvalue weighted by molar-refractivity contribution is 5.77. The van der Waals surface area contributed by atoms with Crippen molar-refractivity contribution in [3.8, 4) is 0 Å². The number of nitrogens with one attached hydrogen (secondary N) is 4. The number of ether oxygens (including phenoxy) is 17. The van der Waals surface area contributed by atoms with Gasteiger partial charge in [0.15, 0.2) is 50.3 Å². The van der Waals surface area contributed by atoms with Gasteiger partial charge in [0, 0.05) is 34.1 Å². The zero-order valence-corrected chi connectivity index (χ0v) is 63.0.